The number of aromatic nitrogens is 4. The zero-order valence-corrected chi connectivity index (χ0v) is 19.4. The maximum absolute atomic E-state index is 13.1. The molecule has 8 heteroatoms. The fourth-order valence-electron chi connectivity index (χ4n) is 3.86. The summed E-state index contributed by atoms with van der Waals surface area (Å²) < 4.78 is 9.16. The molecule has 31 heavy (non-hydrogen) atoms. The number of rotatable bonds is 12. The van der Waals surface area contributed by atoms with Crippen molar-refractivity contribution in [1.82, 2.24) is 18.7 Å². The van der Waals surface area contributed by atoms with Gasteiger partial charge in [0.25, 0.3) is 5.56 Å². The molecule has 8 nitrogen and oxygen atoms in total. The Hall–Kier alpha value is -2.22. The average Bonchev–Trinajstić information content (AvgIpc) is 3.47. The highest BCUT2D eigenvalue weighted by Gasteiger charge is 2.30. The van der Waals surface area contributed by atoms with Crippen molar-refractivity contribution in [2.45, 2.75) is 91.2 Å². The Kier molecular flexibility index (Phi) is 7.51. The minimum Gasteiger partial charge on any atom is -0.373 e. The zero-order chi connectivity index (χ0) is 22.6. The number of fused-ring (bicyclic) bond motifs is 1. The summed E-state index contributed by atoms with van der Waals surface area (Å²) >= 11 is 0. The molecule has 1 aliphatic heterocycles. The first-order valence-corrected chi connectivity index (χ1v) is 11.6. The number of nitrogens with zero attached hydrogens (tertiary/aromatic N) is 4. The molecule has 1 unspecified atom stereocenters. The number of imidazole rings is 1. The first-order chi connectivity index (χ1) is 14.8. The number of carbonyl (C=O) groups is 1. The molecule has 0 saturated carbocycles. The Bertz CT molecular complexity index is 1030. The van der Waals surface area contributed by atoms with E-state index in [9.17, 15) is 14.4 Å². The van der Waals surface area contributed by atoms with Crippen LogP contribution < -0.4 is 11.2 Å². The Morgan fingerprint density at radius 3 is 2.35 bits per heavy atom. The summed E-state index contributed by atoms with van der Waals surface area (Å²) in [5.41, 5.74) is -0.993. The molecule has 1 atom stereocenters. The molecule has 0 N–H and O–H groups in total. The number of epoxide rings is 1. The summed E-state index contributed by atoms with van der Waals surface area (Å²) in [6.07, 6.45) is 11.4. The highest BCUT2D eigenvalue weighted by molar-refractivity contribution is 5.91. The van der Waals surface area contributed by atoms with Gasteiger partial charge in [-0.3, -0.25) is 23.3 Å². The summed E-state index contributed by atoms with van der Waals surface area (Å²) in [6.45, 7) is 6.93. The summed E-state index contributed by atoms with van der Waals surface area (Å²) in [5.74, 6) is -0.187. The molecule has 0 spiro atoms. The van der Waals surface area contributed by atoms with Crippen LogP contribution in [0.4, 0.5) is 0 Å². The van der Waals surface area contributed by atoms with E-state index in [0.29, 0.717) is 19.1 Å². The Morgan fingerprint density at radius 2 is 1.74 bits per heavy atom. The lowest BCUT2D eigenvalue weighted by Gasteiger charge is -2.21. The van der Waals surface area contributed by atoms with Crippen LogP contribution in [0.2, 0.25) is 0 Å². The fraction of sp³-hybridized carbons (Fsp3) is 0.739. The van der Waals surface area contributed by atoms with E-state index in [0.717, 1.165) is 25.9 Å². The van der Waals surface area contributed by atoms with E-state index in [-0.39, 0.29) is 22.8 Å². The summed E-state index contributed by atoms with van der Waals surface area (Å²) in [6, 6.07) is 0. The van der Waals surface area contributed by atoms with E-state index in [2.05, 4.69) is 4.98 Å². The minimum absolute atomic E-state index is 0.187. The van der Waals surface area contributed by atoms with Crippen LogP contribution in [-0.4, -0.2) is 37.3 Å². The van der Waals surface area contributed by atoms with Crippen LogP contribution in [0.25, 0.3) is 11.2 Å². The highest BCUT2D eigenvalue weighted by Crippen LogP contribution is 2.24. The first kappa shape index (κ1) is 23.4. The monoisotopic (exact) mass is 432 g/mol. The van der Waals surface area contributed by atoms with Gasteiger partial charge in [-0.1, -0.05) is 59.3 Å². The molecule has 1 aliphatic rings. The van der Waals surface area contributed by atoms with Gasteiger partial charge >= 0.3 is 5.69 Å². The molecule has 1 fully saturated rings. The first-order valence-electron chi connectivity index (χ1n) is 11.6. The van der Waals surface area contributed by atoms with Crippen molar-refractivity contribution in [2.75, 3.05) is 6.61 Å². The van der Waals surface area contributed by atoms with Gasteiger partial charge in [-0.25, -0.2) is 9.78 Å². The highest BCUT2D eigenvalue weighted by atomic mass is 16.6. The molecule has 0 amide bonds. The Balaban J connectivity index is 1.63. The number of aryl methyl sites for hydroxylation is 1. The van der Waals surface area contributed by atoms with Gasteiger partial charge in [-0.2, -0.15) is 0 Å². The second-order valence-corrected chi connectivity index (χ2v) is 9.35. The van der Waals surface area contributed by atoms with Gasteiger partial charge in [0.05, 0.1) is 12.7 Å². The van der Waals surface area contributed by atoms with Gasteiger partial charge in [-0.15, -0.1) is 0 Å². The fourth-order valence-corrected chi connectivity index (χ4v) is 3.86. The van der Waals surface area contributed by atoms with Gasteiger partial charge in [0.1, 0.15) is 6.33 Å². The Morgan fingerprint density at radius 1 is 1.13 bits per heavy atom. The van der Waals surface area contributed by atoms with Crippen molar-refractivity contribution in [2.24, 2.45) is 12.5 Å². The molecule has 0 aliphatic carbocycles. The third kappa shape index (κ3) is 5.34. The van der Waals surface area contributed by atoms with E-state index in [1.54, 1.807) is 7.05 Å². The van der Waals surface area contributed by atoms with E-state index < -0.39 is 11.0 Å². The van der Waals surface area contributed by atoms with Crippen LogP contribution in [0.5, 0.6) is 0 Å². The number of hydrogen-bond donors (Lipinski definition) is 0. The van der Waals surface area contributed by atoms with Gasteiger partial charge in [0.2, 0.25) is 5.91 Å². The molecule has 3 heterocycles. The van der Waals surface area contributed by atoms with Crippen molar-refractivity contribution in [3.63, 3.8) is 0 Å². The molecule has 3 rings (SSSR count). The van der Waals surface area contributed by atoms with Gasteiger partial charge in [0.15, 0.2) is 11.2 Å². The van der Waals surface area contributed by atoms with E-state index in [1.807, 2.05) is 20.8 Å². The predicted octanol–water partition coefficient (Wildman–Crippen LogP) is 3.49. The second-order valence-electron chi connectivity index (χ2n) is 9.35. The van der Waals surface area contributed by atoms with E-state index >= 15 is 0 Å². The largest absolute Gasteiger partial charge is 0.373 e. The molecule has 1 saturated heterocycles. The second kappa shape index (κ2) is 9.94. The number of hydrogen-bond acceptors (Lipinski definition) is 5. The minimum atomic E-state index is -0.620. The molecule has 0 aromatic carbocycles. The summed E-state index contributed by atoms with van der Waals surface area (Å²) in [5, 5.41) is 0. The van der Waals surface area contributed by atoms with E-state index in [4.69, 9.17) is 4.74 Å². The van der Waals surface area contributed by atoms with Crippen LogP contribution in [0, 0.1) is 5.41 Å². The third-order valence-corrected chi connectivity index (χ3v) is 6.52. The van der Waals surface area contributed by atoms with Crippen molar-refractivity contribution in [3.05, 3.63) is 27.2 Å². The lowest BCUT2D eigenvalue weighted by molar-refractivity contribution is 0.0744. The normalized spacial score (nSPS) is 16.2. The maximum Gasteiger partial charge on any atom is 0.332 e. The van der Waals surface area contributed by atoms with Gasteiger partial charge in [-0.05, 0) is 19.3 Å². The predicted molar refractivity (Wildman–Crippen MR) is 121 cm³/mol. The molecule has 0 radical (unpaired) electrons. The third-order valence-electron chi connectivity index (χ3n) is 6.52. The molecular formula is C23H36N4O4. The van der Waals surface area contributed by atoms with E-state index in [1.165, 1.54) is 52.1 Å². The topological polar surface area (TPSA) is 91.4 Å². The van der Waals surface area contributed by atoms with Crippen molar-refractivity contribution in [3.8, 4) is 0 Å². The Labute approximate surface area is 183 Å². The van der Waals surface area contributed by atoms with Crippen molar-refractivity contribution in [1.29, 1.82) is 0 Å². The van der Waals surface area contributed by atoms with Crippen LogP contribution in [-0.2, 0) is 18.3 Å². The summed E-state index contributed by atoms with van der Waals surface area (Å²) in [7, 11) is 1.60. The van der Waals surface area contributed by atoms with Gasteiger partial charge < -0.3 is 4.74 Å². The quantitative estimate of drug-likeness (QED) is 0.378. The smallest absolute Gasteiger partial charge is 0.332 e. The standard InChI is InChI=1S/C23H36N4O4/c1-5-23(2,3)21(29)27-16-24-19-18(27)20(28)26(22(30)25(19)4)14-12-10-8-6-7-9-11-13-17-15-31-17/h16-17H,5-15H2,1-4H3. The van der Waals surface area contributed by atoms with Crippen LogP contribution in [0.15, 0.2) is 15.9 Å². The van der Waals surface area contributed by atoms with Crippen LogP contribution in [0.3, 0.4) is 0 Å². The number of ether oxygens (including phenoxy) is 1. The summed E-state index contributed by atoms with van der Waals surface area (Å²) in [4.78, 5) is 43.0. The molecule has 172 valence electrons. The molecule has 2 aromatic heterocycles. The number of unbranched alkanes of at least 4 members (excludes halogenated alkanes) is 6. The van der Waals surface area contributed by atoms with Crippen molar-refractivity contribution >= 4 is 17.1 Å². The zero-order valence-electron chi connectivity index (χ0n) is 19.4. The molecular weight excluding hydrogens is 396 g/mol. The van der Waals surface area contributed by atoms with Gasteiger partial charge in [0, 0.05) is 19.0 Å². The molecule has 2 aromatic rings. The van der Waals surface area contributed by atoms with Crippen LogP contribution in [0.1, 0.15) is 83.4 Å². The molecule has 0 bridgehead atoms. The maximum atomic E-state index is 13.1. The van der Waals surface area contributed by atoms with Crippen molar-refractivity contribution < 1.29 is 9.53 Å². The van der Waals surface area contributed by atoms with Crippen LogP contribution >= 0.6 is 0 Å². The SMILES string of the molecule is CCC(C)(C)C(=O)n1cnc2c1c(=O)n(CCCCCCCCCC1CO1)c(=O)n2C. The number of carbonyl (C=O) groups excluding carboxylic acids is 1. The lowest BCUT2D eigenvalue weighted by Crippen LogP contribution is -2.40. The average molecular weight is 433 g/mol. The lowest BCUT2D eigenvalue weighted by atomic mass is 9.89.